The molecule has 0 spiro atoms. The van der Waals surface area contributed by atoms with Gasteiger partial charge in [-0.1, -0.05) is 136 Å². The number of nitrogens with zero attached hydrogens (tertiary/aromatic N) is 2. The summed E-state index contributed by atoms with van der Waals surface area (Å²) in [4.78, 5) is 0. The third-order valence-corrected chi connectivity index (χ3v) is 8.18. The van der Waals surface area contributed by atoms with Gasteiger partial charge in [0, 0.05) is 5.56 Å². The molecule has 0 fully saturated rings. The van der Waals surface area contributed by atoms with Crippen LogP contribution in [0, 0.1) is 28.5 Å². The molecular formula is C44H37FN2. The lowest BCUT2D eigenvalue weighted by Gasteiger charge is -2.08. The van der Waals surface area contributed by atoms with Crippen LogP contribution < -0.4 is 0 Å². The molecule has 0 atom stereocenters. The maximum atomic E-state index is 14.6. The van der Waals surface area contributed by atoms with Gasteiger partial charge < -0.3 is 0 Å². The number of halogens is 1. The first kappa shape index (κ1) is 32.6. The minimum Gasteiger partial charge on any atom is -0.206 e. The molecule has 0 saturated heterocycles. The van der Waals surface area contributed by atoms with E-state index in [1.54, 1.807) is 18.2 Å². The second kappa shape index (κ2) is 16.0. The number of hydrogen-bond acceptors (Lipinski definition) is 2. The zero-order valence-corrected chi connectivity index (χ0v) is 26.9. The molecule has 0 bridgehead atoms. The van der Waals surface area contributed by atoms with E-state index >= 15 is 0 Å². The standard InChI is InChI=1S/C22H18FN.C22H19N/c1-2-3-16-4-10-19(11-5-16)21-13-12-20(14-22(21)23)18-8-6-17(15-24)7-9-18;1-2-3-17-4-8-19(9-5-17)21-12-14-22(15-13-21)20-10-6-18(16-23)7-11-20/h4-14H,2-3H2,1H3;4-15H,2-3H2,1H3. The Morgan fingerprint density at radius 1 is 0.426 bits per heavy atom. The monoisotopic (exact) mass is 612 g/mol. The number of nitriles is 2. The number of hydrogen-bond donors (Lipinski definition) is 0. The molecule has 0 N–H and O–H groups in total. The predicted octanol–water partition coefficient (Wildman–Crippen LogP) is 11.8. The van der Waals surface area contributed by atoms with E-state index in [4.69, 9.17) is 10.5 Å². The van der Waals surface area contributed by atoms with Crippen molar-refractivity contribution in [1.29, 1.82) is 10.5 Å². The Labute approximate surface area is 278 Å². The fourth-order valence-electron chi connectivity index (χ4n) is 5.55. The quantitative estimate of drug-likeness (QED) is 0.172. The molecule has 0 saturated carbocycles. The van der Waals surface area contributed by atoms with E-state index in [1.807, 2.05) is 60.7 Å². The van der Waals surface area contributed by atoms with Crippen molar-refractivity contribution >= 4 is 0 Å². The van der Waals surface area contributed by atoms with E-state index < -0.39 is 0 Å². The van der Waals surface area contributed by atoms with Gasteiger partial charge in [-0.3, -0.25) is 0 Å². The molecule has 0 heterocycles. The van der Waals surface area contributed by atoms with Gasteiger partial charge in [0.15, 0.2) is 0 Å². The molecule has 3 heteroatoms. The fraction of sp³-hybridized carbons (Fsp3) is 0.136. The summed E-state index contributed by atoms with van der Waals surface area (Å²) in [5, 5.41) is 17.7. The van der Waals surface area contributed by atoms with Gasteiger partial charge in [0.1, 0.15) is 5.82 Å². The summed E-state index contributed by atoms with van der Waals surface area (Å²) in [6.07, 6.45) is 4.46. The first-order chi connectivity index (χ1) is 23.0. The summed E-state index contributed by atoms with van der Waals surface area (Å²) in [7, 11) is 0. The van der Waals surface area contributed by atoms with Crippen LogP contribution >= 0.6 is 0 Å². The third kappa shape index (κ3) is 8.49. The van der Waals surface area contributed by atoms with Crippen LogP contribution in [0.3, 0.4) is 0 Å². The lowest BCUT2D eigenvalue weighted by atomic mass is 9.98. The maximum Gasteiger partial charge on any atom is 0.131 e. The molecule has 0 aliphatic rings. The minimum atomic E-state index is -0.236. The molecule has 0 aliphatic heterocycles. The predicted molar refractivity (Wildman–Crippen MR) is 192 cm³/mol. The Hall–Kier alpha value is -5.77. The van der Waals surface area contributed by atoms with Crippen LogP contribution in [-0.4, -0.2) is 0 Å². The summed E-state index contributed by atoms with van der Waals surface area (Å²) in [6.45, 7) is 4.35. The Kier molecular flexibility index (Phi) is 11.1. The Morgan fingerprint density at radius 3 is 1.11 bits per heavy atom. The summed E-state index contributed by atoms with van der Waals surface area (Å²) < 4.78 is 14.6. The van der Waals surface area contributed by atoms with E-state index in [0.29, 0.717) is 16.7 Å². The normalized spacial score (nSPS) is 10.3. The molecule has 2 nitrogen and oxygen atoms in total. The number of benzene rings is 6. The largest absolute Gasteiger partial charge is 0.206 e. The Bertz CT molecular complexity index is 1980. The SMILES string of the molecule is CCCc1ccc(-c2ccc(-c3ccc(C#N)cc3)cc2)cc1.CCCc1ccc(-c2ccc(-c3ccc(C#N)cc3)cc2F)cc1. The van der Waals surface area contributed by atoms with Crippen LogP contribution in [0.25, 0.3) is 44.5 Å². The minimum absolute atomic E-state index is 0.236. The lowest BCUT2D eigenvalue weighted by molar-refractivity contribution is 0.632. The molecule has 0 radical (unpaired) electrons. The van der Waals surface area contributed by atoms with E-state index in [1.165, 1.54) is 34.2 Å². The Morgan fingerprint density at radius 2 is 0.745 bits per heavy atom. The van der Waals surface area contributed by atoms with E-state index in [0.717, 1.165) is 41.5 Å². The van der Waals surface area contributed by atoms with Crippen molar-refractivity contribution in [3.8, 4) is 56.6 Å². The molecular weight excluding hydrogens is 575 g/mol. The van der Waals surface area contributed by atoms with Gasteiger partial charge in [0.2, 0.25) is 0 Å². The average molecular weight is 613 g/mol. The van der Waals surface area contributed by atoms with Gasteiger partial charge in [-0.2, -0.15) is 10.5 Å². The third-order valence-electron chi connectivity index (χ3n) is 8.18. The van der Waals surface area contributed by atoms with E-state index in [2.05, 4.69) is 86.6 Å². The molecule has 6 aromatic carbocycles. The van der Waals surface area contributed by atoms with Crippen LogP contribution in [0.15, 0.2) is 140 Å². The summed E-state index contributed by atoms with van der Waals surface area (Å²) in [6, 6.07) is 49.9. The van der Waals surface area contributed by atoms with Crippen LogP contribution in [0.1, 0.15) is 48.9 Å². The van der Waals surface area contributed by atoms with Gasteiger partial charge in [-0.05, 0) is 93.2 Å². The van der Waals surface area contributed by atoms with Crippen molar-refractivity contribution in [2.24, 2.45) is 0 Å². The zero-order chi connectivity index (χ0) is 33.0. The van der Waals surface area contributed by atoms with Crippen LogP contribution in [0.4, 0.5) is 4.39 Å². The molecule has 230 valence electrons. The van der Waals surface area contributed by atoms with Crippen molar-refractivity contribution in [3.63, 3.8) is 0 Å². The summed E-state index contributed by atoms with van der Waals surface area (Å²) >= 11 is 0. The smallest absolute Gasteiger partial charge is 0.131 e. The van der Waals surface area contributed by atoms with Crippen molar-refractivity contribution in [1.82, 2.24) is 0 Å². The van der Waals surface area contributed by atoms with Gasteiger partial charge in [0.05, 0.1) is 23.3 Å². The molecule has 0 aromatic heterocycles. The first-order valence-electron chi connectivity index (χ1n) is 16.1. The lowest BCUT2D eigenvalue weighted by Crippen LogP contribution is -1.88. The maximum absolute atomic E-state index is 14.6. The molecule has 0 unspecified atom stereocenters. The second-order valence-corrected chi connectivity index (χ2v) is 11.5. The Balaban J connectivity index is 0.000000185. The van der Waals surface area contributed by atoms with Crippen LogP contribution in [0.5, 0.6) is 0 Å². The summed E-state index contributed by atoms with van der Waals surface area (Å²) in [5.74, 6) is -0.236. The van der Waals surface area contributed by atoms with Crippen molar-refractivity contribution in [2.75, 3.05) is 0 Å². The van der Waals surface area contributed by atoms with Crippen molar-refractivity contribution < 1.29 is 4.39 Å². The highest BCUT2D eigenvalue weighted by Crippen LogP contribution is 2.29. The highest BCUT2D eigenvalue weighted by Gasteiger charge is 2.08. The van der Waals surface area contributed by atoms with E-state index in [9.17, 15) is 4.39 Å². The van der Waals surface area contributed by atoms with Gasteiger partial charge >= 0.3 is 0 Å². The van der Waals surface area contributed by atoms with Crippen LogP contribution in [-0.2, 0) is 12.8 Å². The number of aryl methyl sites for hydroxylation is 2. The highest BCUT2D eigenvalue weighted by atomic mass is 19.1. The molecule has 6 rings (SSSR count). The molecule has 0 amide bonds. The van der Waals surface area contributed by atoms with Crippen LogP contribution in [0.2, 0.25) is 0 Å². The highest BCUT2D eigenvalue weighted by molar-refractivity contribution is 5.72. The number of rotatable bonds is 8. The van der Waals surface area contributed by atoms with Gasteiger partial charge in [0.25, 0.3) is 0 Å². The van der Waals surface area contributed by atoms with Crippen molar-refractivity contribution in [3.05, 3.63) is 168 Å². The zero-order valence-electron chi connectivity index (χ0n) is 26.9. The van der Waals surface area contributed by atoms with Gasteiger partial charge in [-0.15, -0.1) is 0 Å². The topological polar surface area (TPSA) is 47.6 Å². The molecule has 47 heavy (non-hydrogen) atoms. The average Bonchev–Trinajstić information content (AvgIpc) is 3.13. The summed E-state index contributed by atoms with van der Waals surface area (Å²) in [5.41, 5.74) is 11.9. The van der Waals surface area contributed by atoms with Crippen molar-refractivity contribution in [2.45, 2.75) is 39.5 Å². The van der Waals surface area contributed by atoms with Gasteiger partial charge in [-0.25, -0.2) is 4.39 Å². The fourth-order valence-corrected chi connectivity index (χ4v) is 5.55. The molecule has 6 aromatic rings. The molecule has 0 aliphatic carbocycles. The first-order valence-corrected chi connectivity index (χ1v) is 16.1. The second-order valence-electron chi connectivity index (χ2n) is 11.5. The van der Waals surface area contributed by atoms with E-state index in [-0.39, 0.29) is 5.82 Å².